The van der Waals surface area contributed by atoms with E-state index in [2.05, 4.69) is 4.90 Å². The Hall–Kier alpha value is -3.57. The van der Waals surface area contributed by atoms with Crippen LogP contribution in [0, 0.1) is 5.82 Å². The van der Waals surface area contributed by atoms with Crippen LogP contribution in [0.3, 0.4) is 0 Å². The largest absolute Gasteiger partial charge is 0.497 e. The zero-order valence-corrected chi connectivity index (χ0v) is 20.7. The molecule has 1 aliphatic heterocycles. The molecule has 4 nitrogen and oxygen atoms in total. The zero-order valence-electron chi connectivity index (χ0n) is 20.7. The smallest absolute Gasteiger partial charge is 0.143 e. The van der Waals surface area contributed by atoms with Crippen molar-refractivity contribution in [2.45, 2.75) is 25.7 Å². The van der Waals surface area contributed by atoms with Gasteiger partial charge < -0.3 is 14.2 Å². The fourth-order valence-electron chi connectivity index (χ4n) is 4.77. The maximum atomic E-state index is 14.0. The number of ether oxygens (including phenoxy) is 3. The number of benzene rings is 4. The Kier molecular flexibility index (Phi) is 7.67. The first-order valence-electron chi connectivity index (χ1n) is 12.7. The number of halogens is 1. The highest BCUT2D eigenvalue weighted by Crippen LogP contribution is 2.41. The SMILES string of the molecule is COc1ccc2c(Oc3ccc(OCCN4CCCCCC4)cc3)c(-c3cccc(F)c3)ccc2c1. The van der Waals surface area contributed by atoms with E-state index in [0.29, 0.717) is 18.1 Å². The van der Waals surface area contributed by atoms with Gasteiger partial charge in [0.2, 0.25) is 0 Å². The minimum atomic E-state index is -0.282. The Labute approximate surface area is 212 Å². The number of hydrogen-bond donors (Lipinski definition) is 0. The van der Waals surface area contributed by atoms with Crippen molar-refractivity contribution in [3.63, 3.8) is 0 Å². The van der Waals surface area contributed by atoms with Gasteiger partial charge in [-0.15, -0.1) is 0 Å². The predicted octanol–water partition coefficient (Wildman–Crippen LogP) is 7.70. The summed E-state index contributed by atoms with van der Waals surface area (Å²) in [5.41, 5.74) is 1.58. The molecular weight excluding hydrogens is 453 g/mol. The van der Waals surface area contributed by atoms with Crippen LogP contribution in [0.25, 0.3) is 21.9 Å². The summed E-state index contributed by atoms with van der Waals surface area (Å²) in [6.45, 7) is 3.96. The van der Waals surface area contributed by atoms with Gasteiger partial charge in [-0.2, -0.15) is 0 Å². The van der Waals surface area contributed by atoms with E-state index in [1.807, 2.05) is 60.7 Å². The topological polar surface area (TPSA) is 30.9 Å². The van der Waals surface area contributed by atoms with Crippen molar-refractivity contribution in [2.75, 3.05) is 33.4 Å². The van der Waals surface area contributed by atoms with Gasteiger partial charge in [0, 0.05) is 17.5 Å². The summed E-state index contributed by atoms with van der Waals surface area (Å²) in [6, 6.07) is 24.1. The van der Waals surface area contributed by atoms with Crippen molar-refractivity contribution >= 4 is 10.8 Å². The molecule has 0 unspecified atom stereocenters. The normalized spacial score (nSPS) is 14.4. The van der Waals surface area contributed by atoms with Gasteiger partial charge in [-0.25, -0.2) is 4.39 Å². The van der Waals surface area contributed by atoms with Crippen molar-refractivity contribution in [1.29, 1.82) is 0 Å². The molecule has 0 saturated carbocycles. The number of methoxy groups -OCH3 is 1. The van der Waals surface area contributed by atoms with Crippen molar-refractivity contribution < 1.29 is 18.6 Å². The molecule has 0 N–H and O–H groups in total. The molecule has 5 rings (SSSR count). The average Bonchev–Trinajstić information content (AvgIpc) is 3.18. The van der Waals surface area contributed by atoms with Crippen LogP contribution in [-0.2, 0) is 0 Å². The standard InChI is InChI=1S/C31H32FNO3/c1-34-28-14-16-30-24(22-28)9-15-29(23-7-6-8-25(32)21-23)31(30)36-27-12-10-26(11-13-27)35-20-19-33-17-4-2-3-5-18-33/h6-16,21-22H,2-5,17-20H2,1H3. The molecular formula is C31H32FNO3. The van der Waals surface area contributed by atoms with E-state index < -0.39 is 0 Å². The van der Waals surface area contributed by atoms with Gasteiger partial charge in [0.05, 0.1) is 7.11 Å². The highest BCUT2D eigenvalue weighted by atomic mass is 19.1. The second-order valence-corrected chi connectivity index (χ2v) is 9.22. The summed E-state index contributed by atoms with van der Waals surface area (Å²) in [4.78, 5) is 2.49. The summed E-state index contributed by atoms with van der Waals surface area (Å²) in [5, 5.41) is 1.91. The van der Waals surface area contributed by atoms with Crippen LogP contribution in [0.5, 0.6) is 23.0 Å². The Balaban J connectivity index is 1.36. The van der Waals surface area contributed by atoms with Gasteiger partial charge in [-0.3, -0.25) is 4.90 Å². The molecule has 36 heavy (non-hydrogen) atoms. The number of fused-ring (bicyclic) bond motifs is 1. The van der Waals surface area contributed by atoms with E-state index in [4.69, 9.17) is 14.2 Å². The lowest BCUT2D eigenvalue weighted by Gasteiger charge is -2.19. The molecule has 0 bridgehead atoms. The van der Waals surface area contributed by atoms with E-state index in [-0.39, 0.29) is 5.82 Å². The fraction of sp³-hybridized carbons (Fsp3) is 0.290. The van der Waals surface area contributed by atoms with E-state index in [1.165, 1.54) is 50.9 Å². The lowest BCUT2D eigenvalue weighted by molar-refractivity contribution is 0.214. The molecule has 0 spiro atoms. The molecule has 4 aromatic rings. The van der Waals surface area contributed by atoms with Crippen molar-refractivity contribution in [3.05, 3.63) is 84.7 Å². The molecule has 1 heterocycles. The quantitative estimate of drug-likeness (QED) is 0.256. The minimum Gasteiger partial charge on any atom is -0.497 e. The third kappa shape index (κ3) is 5.80. The second-order valence-electron chi connectivity index (χ2n) is 9.22. The van der Waals surface area contributed by atoms with Crippen LogP contribution in [0.15, 0.2) is 78.9 Å². The summed E-state index contributed by atoms with van der Waals surface area (Å²) < 4.78 is 31.9. The Bertz CT molecular complexity index is 1300. The molecule has 5 heteroatoms. The molecule has 1 aliphatic rings. The summed E-state index contributed by atoms with van der Waals surface area (Å²) in [7, 11) is 1.65. The van der Waals surface area contributed by atoms with Gasteiger partial charge in [0.25, 0.3) is 0 Å². The summed E-state index contributed by atoms with van der Waals surface area (Å²) >= 11 is 0. The van der Waals surface area contributed by atoms with Crippen LogP contribution < -0.4 is 14.2 Å². The molecule has 0 aliphatic carbocycles. The first-order valence-corrected chi connectivity index (χ1v) is 12.7. The van der Waals surface area contributed by atoms with E-state index in [1.54, 1.807) is 13.2 Å². The Morgan fingerprint density at radius 3 is 2.28 bits per heavy atom. The predicted molar refractivity (Wildman–Crippen MR) is 143 cm³/mol. The van der Waals surface area contributed by atoms with Gasteiger partial charge in [0.15, 0.2) is 0 Å². The van der Waals surface area contributed by atoms with Gasteiger partial charge in [-0.05, 0) is 97.5 Å². The van der Waals surface area contributed by atoms with Crippen molar-refractivity contribution in [1.82, 2.24) is 4.90 Å². The van der Waals surface area contributed by atoms with Gasteiger partial charge in [0.1, 0.15) is 35.4 Å². The molecule has 0 amide bonds. The zero-order chi connectivity index (χ0) is 24.7. The van der Waals surface area contributed by atoms with E-state index in [9.17, 15) is 4.39 Å². The van der Waals surface area contributed by atoms with E-state index in [0.717, 1.165) is 39.9 Å². The maximum Gasteiger partial charge on any atom is 0.143 e. The molecule has 0 aromatic heterocycles. The molecule has 0 radical (unpaired) electrons. The maximum absolute atomic E-state index is 14.0. The highest BCUT2D eigenvalue weighted by Gasteiger charge is 2.14. The minimum absolute atomic E-state index is 0.282. The lowest BCUT2D eigenvalue weighted by atomic mass is 9.99. The number of rotatable bonds is 8. The lowest BCUT2D eigenvalue weighted by Crippen LogP contribution is -2.29. The van der Waals surface area contributed by atoms with Crippen molar-refractivity contribution in [2.24, 2.45) is 0 Å². The third-order valence-corrected chi connectivity index (χ3v) is 6.73. The van der Waals surface area contributed by atoms with Crippen LogP contribution in [0.4, 0.5) is 4.39 Å². The first kappa shape index (κ1) is 24.1. The molecule has 1 fully saturated rings. The molecule has 0 atom stereocenters. The highest BCUT2D eigenvalue weighted by molar-refractivity contribution is 5.96. The molecule has 4 aromatic carbocycles. The van der Waals surface area contributed by atoms with Crippen LogP contribution >= 0.6 is 0 Å². The Morgan fingerprint density at radius 2 is 1.53 bits per heavy atom. The summed E-state index contributed by atoms with van der Waals surface area (Å²) in [5.74, 6) is 2.68. The third-order valence-electron chi connectivity index (χ3n) is 6.73. The average molecular weight is 486 g/mol. The Morgan fingerprint density at radius 1 is 0.778 bits per heavy atom. The first-order chi connectivity index (χ1) is 17.7. The van der Waals surface area contributed by atoms with Crippen LogP contribution in [0.1, 0.15) is 25.7 Å². The molecule has 1 saturated heterocycles. The van der Waals surface area contributed by atoms with Crippen LogP contribution in [-0.4, -0.2) is 38.3 Å². The summed E-state index contributed by atoms with van der Waals surface area (Å²) in [6.07, 6.45) is 5.24. The monoisotopic (exact) mass is 485 g/mol. The molecule has 186 valence electrons. The number of hydrogen-bond acceptors (Lipinski definition) is 4. The fourth-order valence-corrected chi connectivity index (χ4v) is 4.77. The van der Waals surface area contributed by atoms with Crippen LogP contribution in [0.2, 0.25) is 0 Å². The number of likely N-dealkylation sites (tertiary alicyclic amines) is 1. The second kappa shape index (κ2) is 11.4. The van der Waals surface area contributed by atoms with Gasteiger partial charge >= 0.3 is 0 Å². The van der Waals surface area contributed by atoms with Crippen molar-refractivity contribution in [3.8, 4) is 34.1 Å². The number of nitrogens with zero attached hydrogens (tertiary/aromatic N) is 1. The van der Waals surface area contributed by atoms with E-state index >= 15 is 0 Å². The van der Waals surface area contributed by atoms with Gasteiger partial charge in [-0.1, -0.05) is 31.0 Å².